The van der Waals surface area contributed by atoms with Crippen LogP contribution in [0, 0.1) is 0 Å². The second-order valence-corrected chi connectivity index (χ2v) is 4.45. The van der Waals surface area contributed by atoms with E-state index in [0.29, 0.717) is 12.1 Å². The van der Waals surface area contributed by atoms with Gasteiger partial charge in [0.15, 0.2) is 5.78 Å². The molecule has 0 saturated carbocycles. The summed E-state index contributed by atoms with van der Waals surface area (Å²) < 4.78 is 0.825. The highest BCUT2D eigenvalue weighted by molar-refractivity contribution is 9.10. The van der Waals surface area contributed by atoms with Crippen molar-refractivity contribution in [3.63, 3.8) is 0 Å². The van der Waals surface area contributed by atoms with Crippen molar-refractivity contribution in [1.29, 1.82) is 0 Å². The van der Waals surface area contributed by atoms with E-state index >= 15 is 0 Å². The van der Waals surface area contributed by atoms with Crippen LogP contribution in [0.4, 0.5) is 5.69 Å². The third kappa shape index (κ3) is 1.95. The first-order chi connectivity index (χ1) is 7.08. The maximum Gasteiger partial charge on any atom is 0.221 e. The first-order valence-corrected chi connectivity index (χ1v) is 5.50. The van der Waals surface area contributed by atoms with E-state index in [2.05, 4.69) is 21.2 Å². The molecule has 4 heteroatoms. The van der Waals surface area contributed by atoms with Gasteiger partial charge in [0.05, 0.1) is 5.69 Å². The lowest BCUT2D eigenvalue weighted by Crippen LogP contribution is -2.07. The first kappa shape index (κ1) is 10.4. The molecule has 2 rings (SSSR count). The molecule has 1 aromatic carbocycles. The normalized spacial score (nSPS) is 13.9. The number of aryl methyl sites for hydroxylation is 1. The van der Waals surface area contributed by atoms with Gasteiger partial charge in [-0.2, -0.15) is 0 Å². The summed E-state index contributed by atoms with van der Waals surface area (Å²) in [6, 6.07) is 3.65. The molecule has 1 N–H and O–H groups in total. The van der Waals surface area contributed by atoms with E-state index in [4.69, 9.17) is 0 Å². The number of anilines is 1. The molecular formula is C11H10BrNO2. The van der Waals surface area contributed by atoms with Crippen LogP contribution in [0.5, 0.6) is 0 Å². The number of halogens is 1. The number of hydrogen-bond acceptors (Lipinski definition) is 2. The Morgan fingerprint density at radius 1 is 1.40 bits per heavy atom. The Bertz CT molecular complexity index is 454. The Morgan fingerprint density at radius 2 is 2.13 bits per heavy atom. The molecule has 0 heterocycles. The summed E-state index contributed by atoms with van der Waals surface area (Å²) in [7, 11) is 0. The van der Waals surface area contributed by atoms with Crippen LogP contribution < -0.4 is 5.32 Å². The minimum atomic E-state index is -0.138. The minimum Gasteiger partial charge on any atom is -0.325 e. The lowest BCUT2D eigenvalue weighted by molar-refractivity contribution is -0.114. The highest BCUT2D eigenvalue weighted by Crippen LogP contribution is 2.31. The number of Topliss-reactive ketones (excluding diaryl/α,β-unsaturated/α-hetero) is 1. The predicted octanol–water partition coefficient (Wildman–Crippen LogP) is 2.54. The van der Waals surface area contributed by atoms with Gasteiger partial charge in [-0.25, -0.2) is 0 Å². The lowest BCUT2D eigenvalue weighted by atomic mass is 10.1. The van der Waals surface area contributed by atoms with Crippen molar-refractivity contribution >= 4 is 33.3 Å². The minimum absolute atomic E-state index is 0.138. The molecule has 0 fully saturated rings. The fourth-order valence-corrected chi connectivity index (χ4v) is 2.24. The molecule has 1 aromatic rings. The van der Waals surface area contributed by atoms with Crippen molar-refractivity contribution < 1.29 is 9.59 Å². The van der Waals surface area contributed by atoms with E-state index < -0.39 is 0 Å². The van der Waals surface area contributed by atoms with Gasteiger partial charge in [0.25, 0.3) is 0 Å². The Balaban J connectivity index is 2.45. The van der Waals surface area contributed by atoms with Crippen molar-refractivity contribution in [1.82, 2.24) is 0 Å². The largest absolute Gasteiger partial charge is 0.325 e. The average Bonchev–Trinajstić information content (AvgIpc) is 2.48. The Labute approximate surface area is 96.0 Å². The van der Waals surface area contributed by atoms with E-state index in [1.54, 1.807) is 6.07 Å². The predicted molar refractivity (Wildman–Crippen MR) is 61.1 cm³/mol. The average molecular weight is 268 g/mol. The maximum atomic E-state index is 11.5. The van der Waals surface area contributed by atoms with Crippen molar-refractivity contribution in [3.8, 4) is 0 Å². The number of benzene rings is 1. The molecule has 0 saturated heterocycles. The molecule has 1 aliphatic rings. The molecule has 0 radical (unpaired) electrons. The summed E-state index contributed by atoms with van der Waals surface area (Å²) >= 11 is 3.37. The van der Waals surface area contributed by atoms with E-state index in [9.17, 15) is 9.59 Å². The third-order valence-corrected chi connectivity index (χ3v) is 3.08. The second kappa shape index (κ2) is 3.77. The van der Waals surface area contributed by atoms with Crippen LogP contribution in [0.3, 0.4) is 0 Å². The topological polar surface area (TPSA) is 46.2 Å². The van der Waals surface area contributed by atoms with Crippen LogP contribution in [-0.4, -0.2) is 11.7 Å². The lowest BCUT2D eigenvalue weighted by Gasteiger charge is -2.07. The summed E-state index contributed by atoms with van der Waals surface area (Å²) in [6.07, 6.45) is 1.37. The Hall–Kier alpha value is -1.16. The highest BCUT2D eigenvalue weighted by Gasteiger charge is 2.21. The Kier molecular flexibility index (Phi) is 2.61. The van der Waals surface area contributed by atoms with Gasteiger partial charge in [0.2, 0.25) is 5.91 Å². The van der Waals surface area contributed by atoms with Crippen molar-refractivity contribution in [2.24, 2.45) is 0 Å². The van der Waals surface area contributed by atoms with Crippen LogP contribution in [0.25, 0.3) is 0 Å². The van der Waals surface area contributed by atoms with E-state index in [-0.39, 0.29) is 11.7 Å². The molecule has 15 heavy (non-hydrogen) atoms. The molecule has 1 amide bonds. The summed E-state index contributed by atoms with van der Waals surface area (Å²) in [5, 5.41) is 2.69. The van der Waals surface area contributed by atoms with Gasteiger partial charge in [0.1, 0.15) is 0 Å². The SMILES string of the molecule is CC(=O)Nc1cc2c(cc1Br)CCC2=O. The van der Waals surface area contributed by atoms with Gasteiger partial charge in [-0.05, 0) is 40.0 Å². The van der Waals surface area contributed by atoms with Crippen LogP contribution in [0.2, 0.25) is 0 Å². The summed E-state index contributed by atoms with van der Waals surface area (Å²) in [5.41, 5.74) is 2.46. The quantitative estimate of drug-likeness (QED) is 0.850. The summed E-state index contributed by atoms with van der Waals surface area (Å²) in [5.74, 6) is 0.0187. The summed E-state index contributed by atoms with van der Waals surface area (Å²) in [6.45, 7) is 1.45. The van der Waals surface area contributed by atoms with Gasteiger partial charge in [-0.1, -0.05) is 0 Å². The van der Waals surface area contributed by atoms with Gasteiger partial charge >= 0.3 is 0 Å². The van der Waals surface area contributed by atoms with Crippen LogP contribution in [0.15, 0.2) is 16.6 Å². The molecule has 0 aliphatic heterocycles. The highest BCUT2D eigenvalue weighted by atomic mass is 79.9. The third-order valence-electron chi connectivity index (χ3n) is 2.43. The van der Waals surface area contributed by atoms with Crippen LogP contribution in [0.1, 0.15) is 29.3 Å². The number of amides is 1. The Morgan fingerprint density at radius 3 is 2.80 bits per heavy atom. The molecule has 78 valence electrons. The molecular weight excluding hydrogens is 258 g/mol. The number of carbonyl (C=O) groups excluding carboxylic acids is 2. The zero-order valence-corrected chi connectivity index (χ0v) is 9.85. The molecule has 0 bridgehead atoms. The van der Waals surface area contributed by atoms with Gasteiger partial charge in [-0.3, -0.25) is 9.59 Å². The molecule has 3 nitrogen and oxygen atoms in total. The van der Waals surface area contributed by atoms with Crippen molar-refractivity contribution in [2.45, 2.75) is 19.8 Å². The van der Waals surface area contributed by atoms with Crippen molar-refractivity contribution in [2.75, 3.05) is 5.32 Å². The maximum absolute atomic E-state index is 11.5. The molecule has 0 unspecified atom stereocenters. The number of nitrogens with one attached hydrogen (secondary N) is 1. The van der Waals surface area contributed by atoms with Crippen LogP contribution >= 0.6 is 15.9 Å². The number of ketones is 1. The van der Waals surface area contributed by atoms with Gasteiger partial charge in [-0.15, -0.1) is 0 Å². The molecule has 0 atom stereocenters. The number of hydrogen-bond donors (Lipinski definition) is 1. The van der Waals surface area contributed by atoms with Crippen molar-refractivity contribution in [3.05, 3.63) is 27.7 Å². The van der Waals surface area contributed by atoms with Crippen LogP contribution in [-0.2, 0) is 11.2 Å². The fourth-order valence-electron chi connectivity index (χ4n) is 1.75. The standard InChI is InChI=1S/C11H10BrNO2/c1-6(14)13-10-5-8-7(4-9(10)12)2-3-11(8)15/h4-5H,2-3H2,1H3,(H,13,14). The molecule has 0 spiro atoms. The smallest absolute Gasteiger partial charge is 0.221 e. The summed E-state index contributed by atoms with van der Waals surface area (Å²) in [4.78, 5) is 22.4. The number of rotatable bonds is 1. The first-order valence-electron chi connectivity index (χ1n) is 4.71. The van der Waals surface area contributed by atoms with E-state index in [0.717, 1.165) is 22.0 Å². The second-order valence-electron chi connectivity index (χ2n) is 3.59. The zero-order chi connectivity index (χ0) is 11.0. The number of fused-ring (bicyclic) bond motifs is 1. The fraction of sp³-hybridized carbons (Fsp3) is 0.273. The van der Waals surface area contributed by atoms with E-state index in [1.165, 1.54) is 6.92 Å². The monoisotopic (exact) mass is 267 g/mol. The number of carbonyl (C=O) groups is 2. The van der Waals surface area contributed by atoms with Gasteiger partial charge < -0.3 is 5.32 Å². The van der Waals surface area contributed by atoms with Gasteiger partial charge in [0, 0.05) is 23.4 Å². The molecule has 0 aromatic heterocycles. The zero-order valence-electron chi connectivity index (χ0n) is 8.26. The molecule has 1 aliphatic carbocycles. The van der Waals surface area contributed by atoms with E-state index in [1.807, 2.05) is 6.07 Å².